The van der Waals surface area contributed by atoms with Gasteiger partial charge in [0.1, 0.15) is 18.2 Å². The number of carbonyl (C=O) groups excluding carboxylic acids is 2. The molecule has 15 nitrogen and oxygen atoms in total. The molecule has 2 aromatic rings. The summed E-state index contributed by atoms with van der Waals surface area (Å²) < 4.78 is 40.7. The van der Waals surface area contributed by atoms with Crippen molar-refractivity contribution in [2.45, 2.75) is 119 Å². The van der Waals surface area contributed by atoms with Gasteiger partial charge in [0.2, 0.25) is 13.6 Å². The van der Waals surface area contributed by atoms with Crippen LogP contribution in [0.1, 0.15) is 113 Å². The Balaban J connectivity index is 0.000000692. The molecule has 16 heteroatoms. The quantitative estimate of drug-likeness (QED) is 0.0602. The predicted octanol–water partition coefficient (Wildman–Crippen LogP) is 6.69. The number of nitrogens with two attached hydrogens (primary N) is 1. The van der Waals surface area contributed by atoms with Crippen molar-refractivity contribution in [1.82, 2.24) is 19.5 Å². The first-order valence-electron chi connectivity index (χ1n) is 16.4. The molecule has 0 aromatic carbocycles. The van der Waals surface area contributed by atoms with E-state index in [9.17, 15) is 18.9 Å². The van der Waals surface area contributed by atoms with Crippen molar-refractivity contribution in [3.63, 3.8) is 0 Å². The summed E-state index contributed by atoms with van der Waals surface area (Å²) >= 11 is 0. The lowest BCUT2D eigenvalue weighted by Gasteiger charge is -2.22. The van der Waals surface area contributed by atoms with Gasteiger partial charge >= 0.3 is 25.5 Å². The number of carbonyl (C=O) groups is 3. The molecule has 2 rings (SSSR count). The fourth-order valence-corrected chi connectivity index (χ4v) is 4.86. The van der Waals surface area contributed by atoms with E-state index in [1.807, 2.05) is 0 Å². The van der Waals surface area contributed by atoms with Crippen LogP contribution in [-0.4, -0.2) is 69.1 Å². The highest BCUT2D eigenvalue weighted by molar-refractivity contribution is 7.53. The molecular formula is C32H56N5O10P. The summed E-state index contributed by atoms with van der Waals surface area (Å²) in [4.78, 5) is 46.2. The highest BCUT2D eigenvalue weighted by Gasteiger charge is 2.30. The van der Waals surface area contributed by atoms with Gasteiger partial charge in [-0.2, -0.15) is 0 Å². The van der Waals surface area contributed by atoms with Gasteiger partial charge in [-0.3, -0.25) is 28.0 Å². The maximum Gasteiger partial charge on any atom is 0.361 e. The smallest absolute Gasteiger partial charge is 0.361 e. The molecule has 0 spiro atoms. The van der Waals surface area contributed by atoms with Crippen LogP contribution in [0.15, 0.2) is 12.7 Å². The van der Waals surface area contributed by atoms with E-state index >= 15 is 0 Å². The number of esters is 2. The number of aliphatic carboxylic acids is 1. The molecule has 274 valence electrons. The Bertz CT molecular complexity index is 1270. The standard InChI is InChI=1S/C20H32N5O8P.C12H24O2/c1-19(2,3)17(26)30-11-32-34(28,33-12-31-18(27)20(4,5)6)13-29-8-7-25-10-24-14-15(21)22-9-23-16(14)25;1-2-3-4-5-6-7-8-9-10-11-12(13)14/h9-10H,7-8,11-13H2,1-6H3,(H2,21,22,23);2-11H2,1H3,(H,13,14). The molecule has 0 bridgehead atoms. The Labute approximate surface area is 284 Å². The zero-order valence-electron chi connectivity index (χ0n) is 29.7. The number of hydrogen-bond acceptors (Lipinski definition) is 13. The number of rotatable bonds is 21. The molecule has 0 saturated heterocycles. The van der Waals surface area contributed by atoms with Gasteiger partial charge in [0.15, 0.2) is 11.5 Å². The number of imidazole rings is 1. The first kappa shape index (κ1) is 42.9. The number of anilines is 1. The largest absolute Gasteiger partial charge is 0.481 e. The van der Waals surface area contributed by atoms with Gasteiger partial charge in [0.05, 0.1) is 23.8 Å². The van der Waals surface area contributed by atoms with Crippen LogP contribution < -0.4 is 5.73 Å². The summed E-state index contributed by atoms with van der Waals surface area (Å²) in [7, 11) is -3.95. The molecule has 0 fully saturated rings. The zero-order valence-corrected chi connectivity index (χ0v) is 30.6. The Hall–Kier alpha value is -3.13. The number of ether oxygens (including phenoxy) is 3. The van der Waals surface area contributed by atoms with Gasteiger partial charge in [-0.1, -0.05) is 58.3 Å². The third kappa shape index (κ3) is 17.9. The molecule has 0 atom stereocenters. The van der Waals surface area contributed by atoms with Crippen LogP contribution in [0.3, 0.4) is 0 Å². The third-order valence-corrected chi connectivity index (χ3v) is 8.25. The molecule has 0 radical (unpaired) electrons. The van der Waals surface area contributed by atoms with Gasteiger partial charge < -0.3 is 29.6 Å². The molecule has 0 unspecified atom stereocenters. The van der Waals surface area contributed by atoms with Crippen molar-refractivity contribution in [3.8, 4) is 0 Å². The molecule has 0 aliphatic heterocycles. The average Bonchev–Trinajstić information content (AvgIpc) is 3.42. The monoisotopic (exact) mass is 701 g/mol. The van der Waals surface area contributed by atoms with Crippen LogP contribution in [-0.2, 0) is 48.8 Å². The molecule has 2 aromatic heterocycles. The van der Waals surface area contributed by atoms with E-state index in [1.54, 1.807) is 46.1 Å². The number of fused-ring (bicyclic) bond motifs is 1. The fourth-order valence-electron chi connectivity index (χ4n) is 3.85. The van der Waals surface area contributed by atoms with Gasteiger partial charge in [-0.25, -0.2) is 15.0 Å². The minimum atomic E-state index is -3.95. The predicted molar refractivity (Wildman–Crippen MR) is 181 cm³/mol. The van der Waals surface area contributed by atoms with Crippen LogP contribution in [0, 0.1) is 10.8 Å². The van der Waals surface area contributed by atoms with E-state index in [4.69, 9.17) is 34.1 Å². The first-order chi connectivity index (χ1) is 22.5. The molecular weight excluding hydrogens is 645 g/mol. The summed E-state index contributed by atoms with van der Waals surface area (Å²) in [5, 5.41) is 8.41. The maximum atomic E-state index is 13.1. The second-order valence-electron chi connectivity index (χ2n) is 13.3. The Morgan fingerprint density at radius 3 is 1.85 bits per heavy atom. The van der Waals surface area contributed by atoms with Crippen molar-refractivity contribution in [3.05, 3.63) is 12.7 Å². The van der Waals surface area contributed by atoms with E-state index in [2.05, 4.69) is 21.9 Å². The number of carboxylic acid groups (broad SMARTS) is 1. The number of aromatic nitrogens is 4. The average molecular weight is 702 g/mol. The Morgan fingerprint density at radius 2 is 1.35 bits per heavy atom. The molecule has 3 N–H and O–H groups in total. The summed E-state index contributed by atoms with van der Waals surface area (Å²) in [5.74, 6) is -1.50. The maximum absolute atomic E-state index is 13.1. The molecule has 0 saturated carbocycles. The van der Waals surface area contributed by atoms with E-state index in [0.29, 0.717) is 24.1 Å². The molecule has 0 aliphatic rings. The second kappa shape index (κ2) is 21.8. The second-order valence-corrected chi connectivity index (χ2v) is 15.3. The topological polar surface area (TPSA) is 204 Å². The van der Waals surface area contributed by atoms with Crippen LogP contribution in [0.5, 0.6) is 0 Å². The van der Waals surface area contributed by atoms with Crippen LogP contribution >= 0.6 is 7.60 Å². The highest BCUT2D eigenvalue weighted by Crippen LogP contribution is 2.48. The van der Waals surface area contributed by atoms with Gasteiger partial charge in [-0.05, 0) is 48.0 Å². The summed E-state index contributed by atoms with van der Waals surface area (Å²) in [6, 6.07) is 0. The number of nitrogen functional groups attached to an aromatic ring is 1. The SMILES string of the molecule is CC(C)(C)C(=O)OCOP(=O)(COCCn1cnc2c(N)ncnc21)OCOC(=O)C(C)(C)C.CCCCCCCCCCCC(=O)O. The normalized spacial score (nSPS) is 12.0. The van der Waals surface area contributed by atoms with Crippen molar-refractivity contribution in [2.24, 2.45) is 10.8 Å². The van der Waals surface area contributed by atoms with Crippen molar-refractivity contribution < 1.29 is 47.3 Å². The third-order valence-electron chi connectivity index (χ3n) is 6.75. The van der Waals surface area contributed by atoms with Crippen molar-refractivity contribution in [1.29, 1.82) is 0 Å². The van der Waals surface area contributed by atoms with E-state index in [-0.39, 0.29) is 12.4 Å². The number of carboxylic acids is 1. The van der Waals surface area contributed by atoms with E-state index < -0.39 is 56.3 Å². The van der Waals surface area contributed by atoms with Gasteiger partial charge in [0.25, 0.3) is 0 Å². The highest BCUT2D eigenvalue weighted by atomic mass is 31.2. The lowest BCUT2D eigenvalue weighted by molar-refractivity contribution is -0.162. The molecule has 0 amide bonds. The number of nitrogens with zero attached hydrogens (tertiary/aromatic N) is 4. The summed E-state index contributed by atoms with van der Waals surface area (Å²) in [6.45, 7) is 11.4. The summed E-state index contributed by atoms with van der Waals surface area (Å²) in [5.41, 5.74) is 5.21. The molecule has 48 heavy (non-hydrogen) atoms. The van der Waals surface area contributed by atoms with Crippen LogP contribution in [0.2, 0.25) is 0 Å². The summed E-state index contributed by atoms with van der Waals surface area (Å²) in [6.07, 6.45) is 13.9. The van der Waals surface area contributed by atoms with Crippen LogP contribution in [0.25, 0.3) is 11.2 Å². The van der Waals surface area contributed by atoms with Crippen LogP contribution in [0.4, 0.5) is 5.82 Å². The Kier molecular flexibility index (Phi) is 19.4. The van der Waals surface area contributed by atoms with Crippen molar-refractivity contribution in [2.75, 3.05) is 32.3 Å². The minimum absolute atomic E-state index is 0.0929. The van der Waals surface area contributed by atoms with Crippen molar-refractivity contribution >= 4 is 42.5 Å². The lowest BCUT2D eigenvalue weighted by Crippen LogP contribution is -2.25. The molecule has 0 aliphatic carbocycles. The number of unbranched alkanes of at least 4 members (excludes halogenated alkanes) is 8. The number of hydrogen-bond donors (Lipinski definition) is 2. The molecule has 2 heterocycles. The minimum Gasteiger partial charge on any atom is -0.481 e. The van der Waals surface area contributed by atoms with E-state index in [0.717, 1.165) is 12.8 Å². The van der Waals surface area contributed by atoms with Gasteiger partial charge in [-0.15, -0.1) is 0 Å². The first-order valence-corrected chi connectivity index (χ1v) is 18.2. The zero-order chi connectivity index (χ0) is 36.2. The fraction of sp³-hybridized carbons (Fsp3) is 0.750. The van der Waals surface area contributed by atoms with E-state index in [1.165, 1.54) is 57.6 Å². The lowest BCUT2D eigenvalue weighted by atomic mass is 9.98. The van der Waals surface area contributed by atoms with Gasteiger partial charge in [0, 0.05) is 13.0 Å². The Morgan fingerprint density at radius 1 is 0.833 bits per heavy atom.